The summed E-state index contributed by atoms with van der Waals surface area (Å²) in [5.74, 6) is -0.491. The Morgan fingerprint density at radius 1 is 0.750 bits per heavy atom. The fourth-order valence-electron chi connectivity index (χ4n) is 6.73. The molecule has 4 aromatic rings. The fraction of sp³-hybridized carbons (Fsp3) is 0.325. The van der Waals surface area contributed by atoms with Crippen molar-refractivity contribution in [3.8, 4) is 0 Å². The van der Waals surface area contributed by atoms with Gasteiger partial charge in [0.1, 0.15) is 16.7 Å². The lowest BCUT2D eigenvalue weighted by atomic mass is 9.70. The zero-order chi connectivity index (χ0) is 34.4. The summed E-state index contributed by atoms with van der Waals surface area (Å²) in [6.07, 6.45) is 0.499. The molecule has 250 valence electrons. The zero-order valence-corrected chi connectivity index (χ0v) is 28.4. The third-order valence-corrected chi connectivity index (χ3v) is 8.88. The van der Waals surface area contributed by atoms with E-state index in [9.17, 15) is 14.4 Å². The van der Waals surface area contributed by atoms with Gasteiger partial charge < -0.3 is 24.6 Å². The van der Waals surface area contributed by atoms with E-state index < -0.39 is 28.7 Å². The van der Waals surface area contributed by atoms with E-state index in [2.05, 4.69) is 46.6 Å². The van der Waals surface area contributed by atoms with Crippen molar-refractivity contribution in [1.82, 2.24) is 4.90 Å². The van der Waals surface area contributed by atoms with E-state index in [4.69, 9.17) is 9.47 Å². The van der Waals surface area contributed by atoms with Crippen LogP contribution in [-0.2, 0) is 24.6 Å². The number of carbonyl (C=O) groups excluding carboxylic acids is 3. The number of anilines is 2. The number of esters is 1. The predicted octanol–water partition coefficient (Wildman–Crippen LogP) is 7.78. The molecule has 0 saturated carbocycles. The molecular formula is C40H45N3O5. The van der Waals surface area contributed by atoms with Gasteiger partial charge in [-0.1, -0.05) is 97.9 Å². The lowest BCUT2D eigenvalue weighted by Crippen LogP contribution is -2.68. The lowest BCUT2D eigenvalue weighted by molar-refractivity contribution is -0.149. The maximum atomic E-state index is 14.5. The van der Waals surface area contributed by atoms with Gasteiger partial charge in [0.05, 0.1) is 7.11 Å². The number of amides is 2. The molecule has 0 bridgehead atoms. The quantitative estimate of drug-likeness (QED) is 0.148. The first-order valence-corrected chi connectivity index (χ1v) is 16.5. The van der Waals surface area contributed by atoms with Crippen molar-refractivity contribution in [3.63, 3.8) is 0 Å². The van der Waals surface area contributed by atoms with Gasteiger partial charge in [0, 0.05) is 30.9 Å². The maximum absolute atomic E-state index is 14.5. The Morgan fingerprint density at radius 3 is 1.60 bits per heavy atom. The molecule has 8 heteroatoms. The number of nitrogens with zero attached hydrogens (tertiary/aromatic N) is 2. The minimum Gasteiger partial charge on any atom is -0.467 e. The Labute approximate surface area is 283 Å². The molecule has 48 heavy (non-hydrogen) atoms. The molecule has 1 N–H and O–H groups in total. The average Bonchev–Trinajstić information content (AvgIpc) is 3.11. The number of piperidine rings is 1. The van der Waals surface area contributed by atoms with Crippen LogP contribution < -0.4 is 10.2 Å². The van der Waals surface area contributed by atoms with E-state index in [0.717, 1.165) is 22.4 Å². The Kier molecular flexibility index (Phi) is 10.2. The highest BCUT2D eigenvalue weighted by Crippen LogP contribution is 2.51. The lowest BCUT2D eigenvalue weighted by Gasteiger charge is -2.57. The number of rotatable bonds is 9. The number of nitrogens with one attached hydrogen (secondary N) is 1. The largest absolute Gasteiger partial charge is 0.467 e. The van der Waals surface area contributed by atoms with Crippen LogP contribution in [0.2, 0.25) is 0 Å². The van der Waals surface area contributed by atoms with Crippen LogP contribution in [0.5, 0.6) is 0 Å². The Hall–Kier alpha value is -5.11. The van der Waals surface area contributed by atoms with Crippen LogP contribution in [0.15, 0.2) is 115 Å². The van der Waals surface area contributed by atoms with Crippen molar-refractivity contribution in [1.29, 1.82) is 0 Å². The Balaban J connectivity index is 1.81. The highest BCUT2D eigenvalue weighted by Gasteiger charge is 2.57. The van der Waals surface area contributed by atoms with Crippen molar-refractivity contribution in [2.24, 2.45) is 0 Å². The van der Waals surface area contributed by atoms with Crippen LogP contribution in [0.4, 0.5) is 16.2 Å². The van der Waals surface area contributed by atoms with E-state index >= 15 is 0 Å². The monoisotopic (exact) mass is 647 g/mol. The highest BCUT2D eigenvalue weighted by molar-refractivity contribution is 5.91. The molecule has 1 saturated heterocycles. The van der Waals surface area contributed by atoms with Crippen LogP contribution >= 0.6 is 0 Å². The summed E-state index contributed by atoms with van der Waals surface area (Å²) in [5, 5.41) is 2.94. The van der Waals surface area contributed by atoms with E-state index in [1.54, 1.807) is 4.90 Å². The molecule has 0 unspecified atom stereocenters. The molecule has 0 spiro atoms. The minimum atomic E-state index is -1.23. The van der Waals surface area contributed by atoms with Gasteiger partial charge in [-0.25, -0.2) is 9.59 Å². The van der Waals surface area contributed by atoms with E-state index in [0.29, 0.717) is 12.1 Å². The predicted molar refractivity (Wildman–Crippen MR) is 189 cm³/mol. The number of ether oxygens (including phenoxy) is 2. The third-order valence-electron chi connectivity index (χ3n) is 8.88. The van der Waals surface area contributed by atoms with Crippen LogP contribution in [0, 0.1) is 0 Å². The molecule has 0 aromatic heterocycles. The molecule has 4 aromatic carbocycles. The van der Waals surface area contributed by atoms with E-state index in [1.165, 1.54) is 7.11 Å². The molecule has 8 nitrogen and oxygen atoms in total. The van der Waals surface area contributed by atoms with Gasteiger partial charge in [-0.15, -0.1) is 0 Å². The van der Waals surface area contributed by atoms with Gasteiger partial charge in [-0.2, -0.15) is 0 Å². The van der Waals surface area contributed by atoms with Crippen LogP contribution in [0.3, 0.4) is 0 Å². The first-order valence-electron chi connectivity index (χ1n) is 16.5. The SMILES string of the molecule is CCC(=O)Nc1ccc(N(C2(C(=O)OC)CCN(C(=O)OC(C)(C)C)CC2)C(c2ccccc2)(c2ccccc2)c2ccccc2)cc1. The Morgan fingerprint density at radius 2 is 1.21 bits per heavy atom. The summed E-state index contributed by atoms with van der Waals surface area (Å²) in [6.45, 7) is 7.89. The van der Waals surface area contributed by atoms with Crippen molar-refractivity contribution in [3.05, 3.63) is 132 Å². The summed E-state index contributed by atoms with van der Waals surface area (Å²) in [4.78, 5) is 44.0. The maximum Gasteiger partial charge on any atom is 0.410 e. The van der Waals surface area contributed by atoms with Crippen LogP contribution in [0.25, 0.3) is 0 Å². The molecule has 1 heterocycles. The number of likely N-dealkylation sites (tertiary alicyclic amines) is 1. The molecule has 1 aliphatic rings. The van der Waals surface area contributed by atoms with E-state index in [-0.39, 0.29) is 31.8 Å². The number of hydrogen-bond donors (Lipinski definition) is 1. The standard InChI is InChI=1S/C40H45N3O5/c1-6-35(44)41-33-22-24-34(25-23-33)43(39(36(45)47-5)26-28-42(29-27-39)37(46)48-38(2,3)4)40(30-16-10-7-11-17-30,31-18-12-8-13-19-31)32-20-14-9-15-21-32/h7-25H,6,26-29H2,1-5H3,(H,41,44). The summed E-state index contributed by atoms with van der Waals surface area (Å²) in [5.41, 5.74) is 1.32. The number of hydrogen-bond acceptors (Lipinski definition) is 6. The summed E-state index contributed by atoms with van der Waals surface area (Å²) in [6, 6.07) is 38.1. The molecule has 5 rings (SSSR count). The normalized spacial score (nSPS) is 14.5. The first-order chi connectivity index (χ1) is 23.0. The summed E-state index contributed by atoms with van der Waals surface area (Å²) >= 11 is 0. The van der Waals surface area contributed by atoms with Crippen molar-refractivity contribution >= 4 is 29.3 Å². The van der Waals surface area contributed by atoms with Gasteiger partial charge in [0.2, 0.25) is 5.91 Å². The van der Waals surface area contributed by atoms with E-state index in [1.807, 2.05) is 107 Å². The van der Waals surface area contributed by atoms with Crippen molar-refractivity contribution < 1.29 is 23.9 Å². The second-order valence-electron chi connectivity index (χ2n) is 13.1. The number of carbonyl (C=O) groups is 3. The topological polar surface area (TPSA) is 88.2 Å². The second-order valence-corrected chi connectivity index (χ2v) is 13.1. The van der Waals surface area contributed by atoms with Gasteiger partial charge >= 0.3 is 12.1 Å². The van der Waals surface area contributed by atoms with Crippen LogP contribution in [-0.4, -0.2) is 54.2 Å². The zero-order valence-electron chi connectivity index (χ0n) is 28.4. The highest BCUT2D eigenvalue weighted by atomic mass is 16.6. The van der Waals surface area contributed by atoms with Gasteiger partial charge in [0.25, 0.3) is 0 Å². The fourth-order valence-corrected chi connectivity index (χ4v) is 6.73. The first kappa shape index (κ1) is 34.2. The minimum absolute atomic E-state index is 0.0904. The Bertz CT molecular complexity index is 1580. The second kappa shape index (κ2) is 14.3. The molecule has 2 amide bonds. The number of methoxy groups -OCH3 is 1. The summed E-state index contributed by atoms with van der Waals surface area (Å²) < 4.78 is 11.4. The van der Waals surface area contributed by atoms with Crippen molar-refractivity contribution in [2.45, 2.75) is 63.6 Å². The molecule has 1 aliphatic heterocycles. The van der Waals surface area contributed by atoms with Crippen LogP contribution in [0.1, 0.15) is 63.6 Å². The average molecular weight is 648 g/mol. The third kappa shape index (κ3) is 6.79. The molecule has 0 atom stereocenters. The summed E-state index contributed by atoms with van der Waals surface area (Å²) in [7, 11) is 1.42. The van der Waals surface area contributed by atoms with Crippen molar-refractivity contribution in [2.75, 3.05) is 30.4 Å². The van der Waals surface area contributed by atoms with Gasteiger partial charge in [-0.05, 0) is 74.6 Å². The van der Waals surface area contributed by atoms with Gasteiger partial charge in [0.15, 0.2) is 0 Å². The molecule has 1 fully saturated rings. The molecule has 0 aliphatic carbocycles. The molecular weight excluding hydrogens is 602 g/mol. The smallest absolute Gasteiger partial charge is 0.410 e. The van der Waals surface area contributed by atoms with Gasteiger partial charge in [-0.3, -0.25) is 4.79 Å². The number of benzene rings is 4. The molecule has 0 radical (unpaired) electrons.